The number of hydrogen-bond acceptors (Lipinski definition) is 3. The fraction of sp³-hybridized carbons (Fsp3) is 0.333. The van der Waals surface area contributed by atoms with Crippen molar-refractivity contribution in [2.75, 3.05) is 12.4 Å². The highest BCUT2D eigenvalue weighted by Gasteiger charge is 2.03. The normalized spacial score (nSPS) is 11.3. The molecule has 0 saturated carbocycles. The maximum absolute atomic E-state index is 10.4. The molecule has 0 bridgehead atoms. The van der Waals surface area contributed by atoms with Crippen molar-refractivity contribution >= 4 is 32.7 Å². The molecule has 0 spiro atoms. The van der Waals surface area contributed by atoms with Gasteiger partial charge in [-0.05, 0) is 53.3 Å². The van der Waals surface area contributed by atoms with Gasteiger partial charge in [0, 0.05) is 3.57 Å². The summed E-state index contributed by atoms with van der Waals surface area (Å²) in [5.74, 6) is 0.433. The summed E-state index contributed by atoms with van der Waals surface area (Å²) in [6.07, 6.45) is 0.283. The minimum Gasteiger partial charge on any atom is -0.494 e. The zero-order valence-electron chi connectivity index (χ0n) is 7.89. The van der Waals surface area contributed by atoms with Crippen LogP contribution in [0, 0.1) is 3.57 Å². The second-order valence-corrected chi connectivity index (χ2v) is 5.76. The molecule has 1 aromatic carbocycles. The van der Waals surface area contributed by atoms with Crippen molar-refractivity contribution in [3.8, 4) is 5.75 Å². The van der Waals surface area contributed by atoms with Crippen molar-refractivity contribution < 1.29 is 17.7 Å². The van der Waals surface area contributed by atoms with Crippen LogP contribution >= 0.6 is 22.6 Å². The molecule has 1 rings (SSSR count). The van der Waals surface area contributed by atoms with Crippen LogP contribution in [0.3, 0.4) is 0 Å². The van der Waals surface area contributed by atoms with Crippen molar-refractivity contribution in [3.05, 3.63) is 27.8 Å². The fourth-order valence-corrected chi connectivity index (χ4v) is 1.80. The van der Waals surface area contributed by atoms with Gasteiger partial charge in [0.15, 0.2) is 0 Å². The molecule has 0 aliphatic heterocycles. The average Bonchev–Trinajstić information content (AvgIpc) is 2.14. The highest BCUT2D eigenvalue weighted by atomic mass is 127. The van der Waals surface area contributed by atoms with Crippen LogP contribution in [0.25, 0.3) is 0 Å². The lowest BCUT2D eigenvalue weighted by Gasteiger charge is -2.04. The lowest BCUT2D eigenvalue weighted by Crippen LogP contribution is -2.08. The summed E-state index contributed by atoms with van der Waals surface area (Å²) in [4.78, 5) is 0. The summed E-state index contributed by atoms with van der Waals surface area (Å²) >= 11 is 2.18. The minimum absolute atomic E-state index is 0.266. The number of ether oxygens (including phenoxy) is 1. The molecular weight excluding hydrogens is 331 g/mol. The molecule has 0 radical (unpaired) electrons. The molecule has 84 valence electrons. The molecule has 1 N–H and O–H groups in total. The Labute approximate surface area is 103 Å². The Bertz CT molecular complexity index is 399. The Morgan fingerprint density at radius 3 is 2.40 bits per heavy atom. The van der Waals surface area contributed by atoms with Crippen LogP contribution in [0.1, 0.15) is 6.42 Å². The van der Waals surface area contributed by atoms with Crippen molar-refractivity contribution in [1.82, 2.24) is 0 Å². The predicted molar refractivity (Wildman–Crippen MR) is 65.7 cm³/mol. The molecule has 0 unspecified atom stereocenters. The third-order valence-electron chi connectivity index (χ3n) is 1.63. The Hall–Kier alpha value is -0.340. The van der Waals surface area contributed by atoms with Gasteiger partial charge in [0.05, 0.1) is 12.4 Å². The van der Waals surface area contributed by atoms with Crippen LogP contribution in [0.2, 0.25) is 0 Å². The van der Waals surface area contributed by atoms with Crippen molar-refractivity contribution in [2.45, 2.75) is 6.42 Å². The Morgan fingerprint density at radius 1 is 1.27 bits per heavy atom. The molecule has 0 aliphatic rings. The summed E-state index contributed by atoms with van der Waals surface area (Å²) in [5.41, 5.74) is 0. The van der Waals surface area contributed by atoms with E-state index in [0.29, 0.717) is 5.75 Å². The Kier molecular flexibility index (Phi) is 4.81. The van der Waals surface area contributed by atoms with Crippen molar-refractivity contribution in [3.63, 3.8) is 0 Å². The smallest absolute Gasteiger partial charge is 0.264 e. The van der Waals surface area contributed by atoms with Crippen LogP contribution < -0.4 is 4.74 Å². The first-order valence-corrected chi connectivity index (χ1v) is 7.00. The van der Waals surface area contributed by atoms with Gasteiger partial charge in [0.25, 0.3) is 10.1 Å². The standard InChI is InChI=1S/C9H11IO4S/c10-8-2-4-9(5-3-8)14-6-1-7-15(11,12)13/h2-5H,1,6-7H2,(H,11,12,13). The monoisotopic (exact) mass is 342 g/mol. The van der Waals surface area contributed by atoms with Gasteiger partial charge in [0.1, 0.15) is 5.75 Å². The SMILES string of the molecule is O=S(=O)(O)CCCOc1ccc(I)cc1. The molecule has 1 aromatic rings. The van der Waals surface area contributed by atoms with E-state index in [1.807, 2.05) is 24.3 Å². The number of hydrogen-bond donors (Lipinski definition) is 1. The van der Waals surface area contributed by atoms with Gasteiger partial charge >= 0.3 is 0 Å². The molecule has 0 aromatic heterocycles. The summed E-state index contributed by atoms with van der Waals surface area (Å²) in [7, 11) is -3.87. The Morgan fingerprint density at radius 2 is 1.87 bits per heavy atom. The van der Waals surface area contributed by atoms with Crippen molar-refractivity contribution in [1.29, 1.82) is 0 Å². The lowest BCUT2D eigenvalue weighted by molar-refractivity contribution is 0.316. The quantitative estimate of drug-likeness (QED) is 0.505. The van der Waals surface area contributed by atoms with E-state index in [4.69, 9.17) is 9.29 Å². The molecule has 0 heterocycles. The van der Waals surface area contributed by atoms with Gasteiger partial charge in [-0.25, -0.2) is 0 Å². The van der Waals surface area contributed by atoms with Gasteiger partial charge < -0.3 is 4.74 Å². The molecule has 0 amide bonds. The summed E-state index contributed by atoms with van der Waals surface area (Å²) in [5, 5.41) is 0. The number of halogens is 1. The molecule has 0 aliphatic carbocycles. The summed E-state index contributed by atoms with van der Waals surface area (Å²) in [6, 6.07) is 7.43. The van der Waals surface area contributed by atoms with Gasteiger partial charge in [-0.2, -0.15) is 8.42 Å². The van der Waals surface area contributed by atoms with E-state index in [1.165, 1.54) is 0 Å². The molecule has 0 saturated heterocycles. The third-order valence-corrected chi connectivity index (χ3v) is 3.15. The first-order chi connectivity index (χ1) is 6.97. The van der Waals surface area contributed by atoms with Crippen LogP contribution in [0.4, 0.5) is 0 Å². The van der Waals surface area contributed by atoms with Gasteiger partial charge in [-0.3, -0.25) is 4.55 Å². The Balaban J connectivity index is 2.29. The molecular formula is C9H11IO4S. The van der Waals surface area contributed by atoms with Gasteiger partial charge in [-0.15, -0.1) is 0 Å². The van der Waals surface area contributed by atoms with Gasteiger partial charge in [0.2, 0.25) is 0 Å². The van der Waals surface area contributed by atoms with Crippen LogP contribution in [-0.4, -0.2) is 25.3 Å². The van der Waals surface area contributed by atoms with E-state index in [0.717, 1.165) is 3.57 Å². The largest absolute Gasteiger partial charge is 0.494 e. The maximum Gasteiger partial charge on any atom is 0.264 e. The van der Waals surface area contributed by atoms with Crippen LogP contribution in [0.5, 0.6) is 5.75 Å². The van der Waals surface area contributed by atoms with Crippen molar-refractivity contribution in [2.24, 2.45) is 0 Å². The topological polar surface area (TPSA) is 63.6 Å². The molecule has 15 heavy (non-hydrogen) atoms. The second-order valence-electron chi connectivity index (χ2n) is 2.94. The highest BCUT2D eigenvalue weighted by molar-refractivity contribution is 14.1. The zero-order valence-corrected chi connectivity index (χ0v) is 10.9. The fourth-order valence-electron chi connectivity index (χ4n) is 0.962. The number of benzene rings is 1. The van der Waals surface area contributed by atoms with E-state index >= 15 is 0 Å². The van der Waals surface area contributed by atoms with Crippen LogP contribution in [0.15, 0.2) is 24.3 Å². The van der Waals surface area contributed by atoms with E-state index in [9.17, 15) is 8.42 Å². The lowest BCUT2D eigenvalue weighted by atomic mass is 10.3. The molecule has 0 atom stereocenters. The number of rotatable bonds is 5. The molecule has 6 heteroatoms. The summed E-state index contributed by atoms with van der Waals surface area (Å²) in [6.45, 7) is 0.278. The maximum atomic E-state index is 10.4. The average molecular weight is 342 g/mol. The second kappa shape index (κ2) is 5.66. The van der Waals surface area contributed by atoms with E-state index in [2.05, 4.69) is 22.6 Å². The zero-order chi connectivity index (χ0) is 11.3. The molecule has 4 nitrogen and oxygen atoms in total. The highest BCUT2D eigenvalue weighted by Crippen LogP contribution is 2.13. The van der Waals surface area contributed by atoms with Gasteiger partial charge in [-0.1, -0.05) is 0 Å². The van der Waals surface area contributed by atoms with E-state index < -0.39 is 10.1 Å². The minimum atomic E-state index is -3.87. The first-order valence-electron chi connectivity index (χ1n) is 4.31. The van der Waals surface area contributed by atoms with E-state index in [1.54, 1.807) is 0 Å². The van der Waals surface area contributed by atoms with Crippen LogP contribution in [-0.2, 0) is 10.1 Å². The third kappa shape index (κ3) is 5.95. The van der Waals surface area contributed by atoms with E-state index in [-0.39, 0.29) is 18.8 Å². The molecule has 0 fully saturated rings. The summed E-state index contributed by atoms with van der Waals surface area (Å²) < 4.78 is 35.6. The first kappa shape index (κ1) is 12.7. The predicted octanol–water partition coefficient (Wildman–Crippen LogP) is 1.95.